The zero-order valence-electron chi connectivity index (χ0n) is 12.6. The lowest BCUT2D eigenvalue weighted by Gasteiger charge is -2.17. The summed E-state index contributed by atoms with van der Waals surface area (Å²) in [5, 5.41) is 11.4. The van der Waals surface area contributed by atoms with Gasteiger partial charge >= 0.3 is 0 Å². The van der Waals surface area contributed by atoms with Crippen LogP contribution < -0.4 is 10.9 Å². The van der Waals surface area contributed by atoms with Crippen molar-refractivity contribution in [2.45, 2.75) is 13.0 Å². The first-order valence-electron chi connectivity index (χ1n) is 6.99. The molecular weight excluding hydrogens is 360 g/mol. The van der Waals surface area contributed by atoms with Gasteiger partial charge in [0.05, 0.1) is 17.6 Å². The van der Waals surface area contributed by atoms with Gasteiger partial charge in [0.25, 0.3) is 5.56 Å². The Balaban J connectivity index is 1.80. The Morgan fingerprint density at radius 2 is 1.96 bits per heavy atom. The van der Waals surface area contributed by atoms with Crippen LogP contribution in [0, 0.1) is 0 Å². The molecule has 2 aromatic heterocycles. The third-order valence-corrected chi connectivity index (χ3v) is 4.29. The SMILES string of the molecule is CC(Nc1cnn(C)c(=O)c1Br)c1ccc(-n2cncn2)cc1. The predicted octanol–water partition coefficient (Wildman–Crippen LogP) is 2.30. The van der Waals surface area contributed by atoms with E-state index >= 15 is 0 Å². The molecule has 0 aliphatic carbocycles. The van der Waals surface area contributed by atoms with E-state index in [4.69, 9.17) is 0 Å². The lowest BCUT2D eigenvalue weighted by molar-refractivity contribution is 0.701. The largest absolute Gasteiger partial charge is 0.376 e. The van der Waals surface area contributed by atoms with E-state index in [-0.39, 0.29) is 11.6 Å². The number of halogens is 1. The molecule has 8 heteroatoms. The molecule has 118 valence electrons. The molecule has 7 nitrogen and oxygen atoms in total. The number of hydrogen-bond acceptors (Lipinski definition) is 5. The molecule has 0 spiro atoms. The lowest BCUT2D eigenvalue weighted by Crippen LogP contribution is -2.22. The van der Waals surface area contributed by atoms with E-state index in [0.717, 1.165) is 11.3 Å². The van der Waals surface area contributed by atoms with Crippen LogP contribution in [0.1, 0.15) is 18.5 Å². The summed E-state index contributed by atoms with van der Waals surface area (Å²) in [5.41, 5.74) is 2.51. The minimum atomic E-state index is -0.177. The second-order valence-electron chi connectivity index (χ2n) is 5.10. The molecule has 0 amide bonds. The van der Waals surface area contributed by atoms with E-state index < -0.39 is 0 Å². The quantitative estimate of drug-likeness (QED) is 0.757. The van der Waals surface area contributed by atoms with Crippen LogP contribution in [-0.4, -0.2) is 24.5 Å². The molecule has 1 atom stereocenters. The lowest BCUT2D eigenvalue weighted by atomic mass is 10.1. The van der Waals surface area contributed by atoms with Crippen LogP contribution in [0.15, 0.2) is 52.4 Å². The van der Waals surface area contributed by atoms with Crippen molar-refractivity contribution >= 4 is 21.6 Å². The van der Waals surface area contributed by atoms with Gasteiger partial charge in [0.2, 0.25) is 0 Å². The average Bonchev–Trinajstić information content (AvgIpc) is 3.10. The molecule has 1 N–H and O–H groups in total. The maximum absolute atomic E-state index is 11.9. The first-order chi connectivity index (χ1) is 11.1. The molecule has 0 fully saturated rings. The van der Waals surface area contributed by atoms with E-state index in [9.17, 15) is 4.79 Å². The molecule has 3 aromatic rings. The van der Waals surface area contributed by atoms with Gasteiger partial charge in [0.1, 0.15) is 17.1 Å². The first-order valence-corrected chi connectivity index (χ1v) is 7.79. The van der Waals surface area contributed by atoms with Gasteiger partial charge in [-0.3, -0.25) is 4.79 Å². The summed E-state index contributed by atoms with van der Waals surface area (Å²) in [6.45, 7) is 2.02. The fraction of sp³-hybridized carbons (Fsp3) is 0.200. The van der Waals surface area contributed by atoms with Crippen molar-refractivity contribution < 1.29 is 0 Å². The van der Waals surface area contributed by atoms with Gasteiger partial charge in [-0.25, -0.2) is 14.3 Å². The Morgan fingerprint density at radius 1 is 1.22 bits per heavy atom. The number of aryl methyl sites for hydroxylation is 1. The molecule has 0 bridgehead atoms. The van der Waals surface area contributed by atoms with Crippen molar-refractivity contribution in [3.8, 4) is 5.69 Å². The number of rotatable bonds is 4. The van der Waals surface area contributed by atoms with Gasteiger partial charge in [-0.1, -0.05) is 12.1 Å². The van der Waals surface area contributed by atoms with E-state index in [2.05, 4.69) is 36.4 Å². The standard InChI is InChI=1S/C15H15BrN6O/c1-10(20-13-7-18-21(2)15(23)14(13)16)11-3-5-12(6-4-11)22-9-17-8-19-22/h3-10,20H,1-2H3. The van der Waals surface area contributed by atoms with Crippen LogP contribution in [0.3, 0.4) is 0 Å². The molecule has 1 aromatic carbocycles. The Labute approximate surface area is 141 Å². The van der Waals surface area contributed by atoms with Gasteiger partial charge < -0.3 is 5.32 Å². The van der Waals surface area contributed by atoms with Crippen LogP contribution in [0.4, 0.5) is 5.69 Å². The van der Waals surface area contributed by atoms with Gasteiger partial charge in [0, 0.05) is 13.1 Å². The molecule has 2 heterocycles. The number of nitrogens with zero attached hydrogens (tertiary/aromatic N) is 5. The highest BCUT2D eigenvalue weighted by Crippen LogP contribution is 2.23. The number of aromatic nitrogens is 5. The average molecular weight is 375 g/mol. The summed E-state index contributed by atoms with van der Waals surface area (Å²) in [7, 11) is 1.61. The molecule has 0 saturated carbocycles. The molecule has 23 heavy (non-hydrogen) atoms. The summed E-state index contributed by atoms with van der Waals surface area (Å²) >= 11 is 3.32. The van der Waals surface area contributed by atoms with Crippen molar-refractivity contribution in [2.75, 3.05) is 5.32 Å². The van der Waals surface area contributed by atoms with Gasteiger partial charge in [-0.2, -0.15) is 10.2 Å². The molecule has 0 radical (unpaired) electrons. The molecule has 0 saturated heterocycles. The number of anilines is 1. The summed E-state index contributed by atoms with van der Waals surface area (Å²) in [5.74, 6) is 0. The fourth-order valence-electron chi connectivity index (χ4n) is 2.19. The van der Waals surface area contributed by atoms with Gasteiger partial charge in [-0.15, -0.1) is 0 Å². The second-order valence-corrected chi connectivity index (χ2v) is 5.89. The van der Waals surface area contributed by atoms with E-state index in [1.165, 1.54) is 11.0 Å². The van der Waals surface area contributed by atoms with Crippen molar-refractivity contribution in [2.24, 2.45) is 7.05 Å². The zero-order chi connectivity index (χ0) is 16.4. The molecule has 0 aliphatic heterocycles. The van der Waals surface area contributed by atoms with Crippen molar-refractivity contribution in [3.05, 3.63) is 63.5 Å². The third kappa shape index (κ3) is 3.16. The summed E-state index contributed by atoms with van der Waals surface area (Å²) in [6, 6.07) is 7.98. The smallest absolute Gasteiger partial charge is 0.282 e. The highest BCUT2D eigenvalue weighted by atomic mass is 79.9. The van der Waals surface area contributed by atoms with Crippen molar-refractivity contribution in [1.29, 1.82) is 0 Å². The van der Waals surface area contributed by atoms with Crippen molar-refractivity contribution in [3.63, 3.8) is 0 Å². The van der Waals surface area contributed by atoms with Crippen LogP contribution >= 0.6 is 15.9 Å². The van der Waals surface area contributed by atoms with E-state index in [0.29, 0.717) is 10.2 Å². The first kappa shape index (κ1) is 15.4. The van der Waals surface area contributed by atoms with Crippen LogP contribution in [-0.2, 0) is 7.05 Å². The van der Waals surface area contributed by atoms with Crippen LogP contribution in [0.5, 0.6) is 0 Å². The minimum Gasteiger partial charge on any atom is -0.376 e. The number of nitrogens with one attached hydrogen (secondary N) is 1. The summed E-state index contributed by atoms with van der Waals surface area (Å²) in [4.78, 5) is 15.8. The normalized spacial score (nSPS) is 12.1. The van der Waals surface area contributed by atoms with Gasteiger partial charge in [0.15, 0.2) is 0 Å². The topological polar surface area (TPSA) is 77.6 Å². The van der Waals surface area contributed by atoms with Gasteiger partial charge in [-0.05, 0) is 40.5 Å². The van der Waals surface area contributed by atoms with E-state index in [1.807, 2.05) is 31.2 Å². The maximum atomic E-state index is 11.9. The molecule has 1 unspecified atom stereocenters. The fourth-order valence-corrected chi connectivity index (χ4v) is 2.66. The maximum Gasteiger partial charge on any atom is 0.282 e. The third-order valence-electron chi connectivity index (χ3n) is 3.53. The zero-order valence-corrected chi connectivity index (χ0v) is 14.2. The molecule has 0 aliphatic rings. The summed E-state index contributed by atoms with van der Waals surface area (Å²) < 4.78 is 3.46. The number of benzene rings is 1. The molecular formula is C15H15BrN6O. The highest BCUT2D eigenvalue weighted by Gasteiger charge is 2.11. The monoisotopic (exact) mass is 374 g/mol. The second kappa shape index (κ2) is 6.33. The Bertz CT molecular complexity index is 857. The molecule has 3 rings (SSSR count). The van der Waals surface area contributed by atoms with Crippen molar-refractivity contribution in [1.82, 2.24) is 24.5 Å². The Kier molecular flexibility index (Phi) is 4.24. The summed E-state index contributed by atoms with van der Waals surface area (Å²) in [6.07, 6.45) is 4.78. The Hall–Kier alpha value is -2.48. The van der Waals surface area contributed by atoms with Crippen LogP contribution in [0.2, 0.25) is 0 Å². The highest BCUT2D eigenvalue weighted by molar-refractivity contribution is 9.10. The predicted molar refractivity (Wildman–Crippen MR) is 90.6 cm³/mol. The van der Waals surface area contributed by atoms with Crippen LogP contribution in [0.25, 0.3) is 5.69 Å². The minimum absolute atomic E-state index is 0.0185. The number of hydrogen-bond donors (Lipinski definition) is 1. The Morgan fingerprint density at radius 3 is 2.61 bits per heavy atom. The van der Waals surface area contributed by atoms with E-state index in [1.54, 1.807) is 24.3 Å².